The predicted molar refractivity (Wildman–Crippen MR) is 80.3 cm³/mol. The summed E-state index contributed by atoms with van der Waals surface area (Å²) in [6.07, 6.45) is 6.10. The van der Waals surface area contributed by atoms with Crippen LogP contribution in [0.1, 0.15) is 32.1 Å². The second-order valence-corrected chi connectivity index (χ2v) is 6.76. The number of nitrogens with two attached hydrogens (primary N) is 1. The SMILES string of the molecule is NC1CC2CCCC(C1)N2c1ccc(Cl)cc1Br. The van der Waals surface area contributed by atoms with E-state index in [1.54, 1.807) is 0 Å². The Morgan fingerprint density at radius 3 is 2.50 bits per heavy atom. The molecule has 2 heterocycles. The fraction of sp³-hybridized carbons (Fsp3) is 0.571. The lowest BCUT2D eigenvalue weighted by atomic mass is 9.81. The molecule has 1 aromatic carbocycles. The first-order valence-electron chi connectivity index (χ1n) is 6.64. The summed E-state index contributed by atoms with van der Waals surface area (Å²) < 4.78 is 1.10. The van der Waals surface area contributed by atoms with E-state index in [0.29, 0.717) is 18.1 Å². The number of benzene rings is 1. The van der Waals surface area contributed by atoms with Gasteiger partial charge in [0, 0.05) is 27.6 Å². The average Bonchev–Trinajstić information content (AvgIpc) is 2.28. The molecule has 4 heteroatoms. The van der Waals surface area contributed by atoms with Crippen LogP contribution in [-0.2, 0) is 0 Å². The van der Waals surface area contributed by atoms with Gasteiger partial charge in [0.2, 0.25) is 0 Å². The molecular weight excluding hydrogens is 312 g/mol. The second kappa shape index (κ2) is 5.03. The van der Waals surface area contributed by atoms with Gasteiger partial charge in [-0.2, -0.15) is 0 Å². The Hall–Kier alpha value is -0.250. The highest BCUT2D eigenvalue weighted by molar-refractivity contribution is 9.10. The molecule has 18 heavy (non-hydrogen) atoms. The molecule has 2 aliphatic rings. The van der Waals surface area contributed by atoms with Crippen molar-refractivity contribution in [2.24, 2.45) is 5.73 Å². The van der Waals surface area contributed by atoms with E-state index in [-0.39, 0.29) is 0 Å². The molecule has 0 aromatic heterocycles. The summed E-state index contributed by atoms with van der Waals surface area (Å²) in [5.41, 5.74) is 7.45. The van der Waals surface area contributed by atoms with E-state index in [2.05, 4.69) is 26.9 Å². The number of fused-ring (bicyclic) bond motifs is 2. The molecule has 2 nitrogen and oxygen atoms in total. The van der Waals surface area contributed by atoms with E-state index in [9.17, 15) is 0 Å². The third kappa shape index (κ3) is 2.28. The Bertz CT molecular complexity index is 437. The van der Waals surface area contributed by atoms with Crippen molar-refractivity contribution in [3.8, 4) is 0 Å². The number of nitrogens with zero attached hydrogens (tertiary/aromatic N) is 1. The minimum Gasteiger partial charge on any atom is -0.365 e. The van der Waals surface area contributed by atoms with E-state index in [1.165, 1.54) is 24.9 Å². The maximum Gasteiger partial charge on any atom is 0.0516 e. The Labute approximate surface area is 122 Å². The zero-order valence-electron chi connectivity index (χ0n) is 10.3. The Balaban J connectivity index is 1.95. The van der Waals surface area contributed by atoms with Gasteiger partial charge < -0.3 is 10.6 Å². The molecule has 2 unspecified atom stereocenters. The van der Waals surface area contributed by atoms with E-state index in [1.807, 2.05) is 12.1 Å². The third-order valence-corrected chi connectivity index (χ3v) is 5.07. The van der Waals surface area contributed by atoms with E-state index in [0.717, 1.165) is 22.3 Å². The van der Waals surface area contributed by atoms with Gasteiger partial charge in [-0.15, -0.1) is 0 Å². The second-order valence-electron chi connectivity index (χ2n) is 5.47. The molecular formula is C14H18BrClN2. The maximum absolute atomic E-state index is 6.17. The molecule has 2 aliphatic heterocycles. The van der Waals surface area contributed by atoms with Crippen molar-refractivity contribution in [3.63, 3.8) is 0 Å². The number of halogens is 2. The van der Waals surface area contributed by atoms with Crippen molar-refractivity contribution in [2.45, 2.75) is 50.2 Å². The first kappa shape index (κ1) is 12.8. The lowest BCUT2D eigenvalue weighted by Gasteiger charge is -2.50. The van der Waals surface area contributed by atoms with Crippen LogP contribution in [0, 0.1) is 0 Å². The maximum atomic E-state index is 6.17. The summed E-state index contributed by atoms with van der Waals surface area (Å²) in [7, 11) is 0. The molecule has 0 spiro atoms. The molecule has 2 atom stereocenters. The largest absolute Gasteiger partial charge is 0.365 e. The minimum absolute atomic E-state index is 0.377. The van der Waals surface area contributed by atoms with Crippen LogP contribution in [0.5, 0.6) is 0 Å². The summed E-state index contributed by atoms with van der Waals surface area (Å²) in [4.78, 5) is 2.58. The summed E-state index contributed by atoms with van der Waals surface area (Å²) >= 11 is 9.68. The van der Waals surface area contributed by atoms with E-state index >= 15 is 0 Å². The number of hydrogen-bond acceptors (Lipinski definition) is 2. The van der Waals surface area contributed by atoms with Gasteiger partial charge in [-0.05, 0) is 66.2 Å². The average molecular weight is 330 g/mol. The van der Waals surface area contributed by atoms with Crippen molar-refractivity contribution in [2.75, 3.05) is 4.90 Å². The molecule has 0 saturated carbocycles. The molecule has 0 amide bonds. The standard InChI is InChI=1S/C14H18BrClN2/c15-13-6-9(16)4-5-14(13)18-11-2-1-3-12(18)8-10(17)7-11/h4-6,10-12H,1-3,7-8,17H2. The zero-order chi connectivity index (χ0) is 12.7. The molecule has 3 rings (SSSR count). The van der Waals surface area contributed by atoms with Crippen LogP contribution < -0.4 is 10.6 Å². The van der Waals surface area contributed by atoms with Crippen LogP contribution in [0.2, 0.25) is 5.02 Å². The predicted octanol–water partition coefficient (Wildman–Crippen LogP) is 3.95. The monoisotopic (exact) mass is 328 g/mol. The first-order chi connectivity index (χ1) is 8.65. The van der Waals surface area contributed by atoms with Gasteiger partial charge in [0.25, 0.3) is 0 Å². The highest BCUT2D eigenvalue weighted by Crippen LogP contribution is 2.40. The lowest BCUT2D eigenvalue weighted by Crippen LogP contribution is -2.55. The molecule has 1 aromatic rings. The Kier molecular flexibility index (Phi) is 3.57. The van der Waals surface area contributed by atoms with Crippen LogP contribution in [0.4, 0.5) is 5.69 Å². The lowest BCUT2D eigenvalue weighted by molar-refractivity contribution is 0.271. The third-order valence-electron chi connectivity index (χ3n) is 4.20. The number of hydrogen-bond donors (Lipinski definition) is 1. The number of anilines is 1. The highest BCUT2D eigenvalue weighted by atomic mass is 79.9. The fourth-order valence-electron chi connectivity index (χ4n) is 3.51. The van der Waals surface area contributed by atoms with Crippen molar-refractivity contribution in [3.05, 3.63) is 27.7 Å². The van der Waals surface area contributed by atoms with Crippen LogP contribution in [0.15, 0.2) is 22.7 Å². The molecule has 2 N–H and O–H groups in total. The van der Waals surface area contributed by atoms with Gasteiger partial charge in [-0.1, -0.05) is 11.6 Å². The summed E-state index contributed by atoms with van der Waals surface area (Å²) in [6, 6.07) is 7.68. The normalized spacial score (nSPS) is 31.5. The quantitative estimate of drug-likeness (QED) is 0.845. The van der Waals surface area contributed by atoms with Crippen LogP contribution >= 0.6 is 27.5 Å². The number of piperidine rings is 2. The van der Waals surface area contributed by atoms with Gasteiger partial charge in [-0.3, -0.25) is 0 Å². The van der Waals surface area contributed by atoms with Crippen molar-refractivity contribution >= 4 is 33.2 Å². The molecule has 98 valence electrons. The Morgan fingerprint density at radius 2 is 1.89 bits per heavy atom. The summed E-state index contributed by atoms with van der Waals surface area (Å²) in [5.74, 6) is 0. The molecule has 2 fully saturated rings. The van der Waals surface area contributed by atoms with E-state index < -0.39 is 0 Å². The van der Waals surface area contributed by atoms with Gasteiger partial charge in [-0.25, -0.2) is 0 Å². The molecule has 2 saturated heterocycles. The van der Waals surface area contributed by atoms with Crippen molar-refractivity contribution < 1.29 is 0 Å². The Morgan fingerprint density at radius 1 is 1.22 bits per heavy atom. The zero-order valence-corrected chi connectivity index (χ0v) is 12.6. The van der Waals surface area contributed by atoms with Crippen LogP contribution in [-0.4, -0.2) is 18.1 Å². The first-order valence-corrected chi connectivity index (χ1v) is 7.81. The molecule has 2 bridgehead atoms. The highest BCUT2D eigenvalue weighted by Gasteiger charge is 2.37. The van der Waals surface area contributed by atoms with Gasteiger partial charge in [0.05, 0.1) is 5.69 Å². The summed E-state index contributed by atoms with van der Waals surface area (Å²) in [5, 5.41) is 0.782. The van der Waals surface area contributed by atoms with Gasteiger partial charge >= 0.3 is 0 Å². The summed E-state index contributed by atoms with van der Waals surface area (Å²) in [6.45, 7) is 0. The smallest absolute Gasteiger partial charge is 0.0516 e. The molecule has 0 radical (unpaired) electrons. The fourth-order valence-corrected chi connectivity index (χ4v) is 4.39. The van der Waals surface area contributed by atoms with Crippen molar-refractivity contribution in [1.29, 1.82) is 0 Å². The van der Waals surface area contributed by atoms with E-state index in [4.69, 9.17) is 17.3 Å². The topological polar surface area (TPSA) is 29.3 Å². The molecule has 0 aliphatic carbocycles. The van der Waals surface area contributed by atoms with Crippen LogP contribution in [0.25, 0.3) is 0 Å². The van der Waals surface area contributed by atoms with Crippen LogP contribution in [0.3, 0.4) is 0 Å². The number of rotatable bonds is 1. The van der Waals surface area contributed by atoms with Crippen molar-refractivity contribution in [1.82, 2.24) is 0 Å². The van der Waals surface area contributed by atoms with Gasteiger partial charge in [0.1, 0.15) is 0 Å². The minimum atomic E-state index is 0.377. The van der Waals surface area contributed by atoms with Gasteiger partial charge in [0.15, 0.2) is 0 Å².